The van der Waals surface area contributed by atoms with Gasteiger partial charge in [-0.1, -0.05) is 0 Å². The number of carbonyl (C=O) groups excluding carboxylic acids is 1. The molecule has 0 aromatic heterocycles. The molecule has 2 heterocycles. The Bertz CT molecular complexity index is 821. The molecule has 1 atom stereocenters. The average Bonchev–Trinajstić information content (AvgIpc) is 2.57. The second kappa shape index (κ2) is 6.30. The summed E-state index contributed by atoms with van der Waals surface area (Å²) in [5.41, 5.74) is 1.05. The number of carbonyl (C=O) groups is 2. The highest BCUT2D eigenvalue weighted by Crippen LogP contribution is 2.40. The van der Waals surface area contributed by atoms with E-state index in [9.17, 15) is 23.1 Å². The Morgan fingerprint density at radius 3 is 2.64 bits per heavy atom. The van der Waals surface area contributed by atoms with Gasteiger partial charge in [0.15, 0.2) is 0 Å². The molecule has 1 fully saturated rings. The molecule has 1 amide bonds. The van der Waals surface area contributed by atoms with Crippen LogP contribution >= 0.6 is 0 Å². The molecule has 0 radical (unpaired) electrons. The molecule has 2 aliphatic heterocycles. The van der Waals surface area contributed by atoms with Crippen LogP contribution in [0.2, 0.25) is 0 Å². The van der Waals surface area contributed by atoms with Gasteiger partial charge in [-0.05, 0) is 37.5 Å². The van der Waals surface area contributed by atoms with Crippen LogP contribution < -0.4 is 9.80 Å². The monoisotopic (exact) mass is 367 g/mol. The quantitative estimate of drug-likeness (QED) is 0.842. The Labute approximate surface area is 146 Å². The molecule has 3 rings (SSSR count). The lowest BCUT2D eigenvalue weighted by atomic mass is 9.96. The van der Waals surface area contributed by atoms with E-state index >= 15 is 0 Å². The highest BCUT2D eigenvalue weighted by atomic mass is 32.2. The fourth-order valence-corrected chi connectivity index (χ4v) is 4.33. The van der Waals surface area contributed by atoms with Gasteiger partial charge < -0.3 is 10.0 Å². The van der Waals surface area contributed by atoms with E-state index in [-0.39, 0.29) is 16.8 Å². The maximum absolute atomic E-state index is 12.8. The second-order valence-corrected chi connectivity index (χ2v) is 8.61. The lowest BCUT2D eigenvalue weighted by Crippen LogP contribution is -2.56. The molecule has 25 heavy (non-hydrogen) atoms. The number of rotatable bonds is 4. The first-order valence-corrected chi connectivity index (χ1v) is 9.54. The highest BCUT2D eigenvalue weighted by Gasteiger charge is 2.40. The van der Waals surface area contributed by atoms with Gasteiger partial charge in [-0.15, -0.1) is 0 Å². The van der Waals surface area contributed by atoms with Crippen LogP contribution in [0.1, 0.15) is 19.3 Å². The molecule has 0 unspecified atom stereocenters. The van der Waals surface area contributed by atoms with Crippen LogP contribution in [0.5, 0.6) is 0 Å². The van der Waals surface area contributed by atoms with E-state index in [4.69, 9.17) is 0 Å². The minimum atomic E-state index is -3.68. The fourth-order valence-electron chi connectivity index (χ4n) is 3.41. The lowest BCUT2D eigenvalue weighted by molar-refractivity contribution is -0.137. The van der Waals surface area contributed by atoms with Crippen LogP contribution in [0.3, 0.4) is 0 Å². The Kier molecular flexibility index (Phi) is 4.46. The Hall–Kier alpha value is -2.13. The van der Waals surface area contributed by atoms with E-state index in [1.807, 2.05) is 4.90 Å². The van der Waals surface area contributed by atoms with Crippen molar-refractivity contribution in [1.82, 2.24) is 4.31 Å². The van der Waals surface area contributed by atoms with Gasteiger partial charge in [0.2, 0.25) is 15.9 Å². The molecule has 1 aromatic rings. The third-order valence-corrected chi connectivity index (χ3v) is 6.48. The zero-order valence-corrected chi connectivity index (χ0v) is 15.0. The number of carboxylic acid groups (broad SMARTS) is 1. The van der Waals surface area contributed by atoms with Crippen molar-refractivity contribution in [3.8, 4) is 0 Å². The van der Waals surface area contributed by atoms with Gasteiger partial charge in [0.25, 0.3) is 0 Å². The number of benzene rings is 1. The van der Waals surface area contributed by atoms with Gasteiger partial charge >= 0.3 is 5.97 Å². The normalized spacial score (nSPS) is 20.4. The van der Waals surface area contributed by atoms with Crippen molar-refractivity contribution in [3.63, 3.8) is 0 Å². The number of piperidine rings is 1. The van der Waals surface area contributed by atoms with Crippen molar-refractivity contribution in [1.29, 1.82) is 0 Å². The van der Waals surface area contributed by atoms with E-state index in [1.165, 1.54) is 31.1 Å². The molecular formula is C16H21N3O5S. The lowest BCUT2D eigenvalue weighted by Gasteiger charge is -2.45. The van der Waals surface area contributed by atoms with Crippen molar-refractivity contribution < 1.29 is 23.1 Å². The summed E-state index contributed by atoms with van der Waals surface area (Å²) < 4.78 is 25.9. The van der Waals surface area contributed by atoms with Crippen molar-refractivity contribution >= 4 is 33.3 Å². The zero-order valence-electron chi connectivity index (χ0n) is 14.2. The summed E-state index contributed by atoms with van der Waals surface area (Å²) in [4.78, 5) is 27.2. The second-order valence-electron chi connectivity index (χ2n) is 6.46. The number of hydrogen-bond donors (Lipinski definition) is 1. The van der Waals surface area contributed by atoms with Gasteiger partial charge in [0, 0.05) is 20.6 Å². The number of amides is 1. The number of sulfonamides is 1. The number of carboxylic acids is 1. The molecule has 9 heteroatoms. The van der Waals surface area contributed by atoms with Crippen molar-refractivity contribution in [2.24, 2.45) is 0 Å². The Morgan fingerprint density at radius 2 is 2.00 bits per heavy atom. The SMILES string of the molecule is CN(C)S(=O)(=O)c1ccc2c(c1)N(CC(=O)O)C(=O)[C@@H]1CCCCN21. The molecular weight excluding hydrogens is 346 g/mol. The molecule has 0 spiro atoms. The van der Waals surface area contributed by atoms with Gasteiger partial charge in [-0.25, -0.2) is 12.7 Å². The maximum atomic E-state index is 12.8. The first-order chi connectivity index (χ1) is 11.7. The molecule has 0 saturated carbocycles. The molecule has 1 saturated heterocycles. The summed E-state index contributed by atoms with van der Waals surface area (Å²) in [6.07, 6.45) is 2.53. The van der Waals surface area contributed by atoms with E-state index in [2.05, 4.69) is 0 Å². The van der Waals surface area contributed by atoms with Crippen LogP contribution in [0, 0.1) is 0 Å². The number of hydrogen-bond acceptors (Lipinski definition) is 5. The van der Waals surface area contributed by atoms with Crippen LogP contribution in [0.25, 0.3) is 0 Å². The van der Waals surface area contributed by atoms with E-state index < -0.39 is 22.5 Å². The fraction of sp³-hybridized carbons (Fsp3) is 0.500. The summed E-state index contributed by atoms with van der Waals surface area (Å²) in [5, 5.41) is 9.19. The van der Waals surface area contributed by atoms with Crippen LogP contribution in [0.15, 0.2) is 23.1 Å². The Balaban J connectivity index is 2.15. The topological polar surface area (TPSA) is 98.2 Å². The third-order valence-electron chi connectivity index (χ3n) is 4.67. The highest BCUT2D eigenvalue weighted by molar-refractivity contribution is 7.89. The van der Waals surface area contributed by atoms with E-state index in [0.717, 1.165) is 17.1 Å². The Morgan fingerprint density at radius 1 is 1.28 bits per heavy atom. The summed E-state index contributed by atoms with van der Waals surface area (Å²) in [6, 6.07) is 4.20. The van der Waals surface area contributed by atoms with Gasteiger partial charge in [-0.3, -0.25) is 14.5 Å². The number of aliphatic carboxylic acids is 1. The van der Waals surface area contributed by atoms with Crippen LogP contribution in [-0.4, -0.2) is 62.9 Å². The molecule has 136 valence electrons. The predicted molar refractivity (Wildman–Crippen MR) is 92.3 cm³/mol. The molecule has 0 aliphatic carbocycles. The summed E-state index contributed by atoms with van der Waals surface area (Å²) in [5.74, 6) is -1.42. The van der Waals surface area contributed by atoms with E-state index in [1.54, 1.807) is 6.07 Å². The summed E-state index contributed by atoms with van der Waals surface area (Å²) >= 11 is 0. The summed E-state index contributed by atoms with van der Waals surface area (Å²) in [6.45, 7) is 0.214. The summed E-state index contributed by atoms with van der Waals surface area (Å²) in [7, 11) is -0.827. The van der Waals surface area contributed by atoms with Crippen LogP contribution in [-0.2, 0) is 19.6 Å². The van der Waals surface area contributed by atoms with Gasteiger partial charge in [0.05, 0.1) is 16.3 Å². The number of fused-ring (bicyclic) bond motifs is 3. The number of anilines is 2. The maximum Gasteiger partial charge on any atom is 0.323 e. The largest absolute Gasteiger partial charge is 0.480 e. The predicted octanol–water partition coefficient (Wildman–Crippen LogP) is 0.727. The van der Waals surface area contributed by atoms with E-state index in [0.29, 0.717) is 24.3 Å². The molecule has 0 bridgehead atoms. The molecule has 8 nitrogen and oxygen atoms in total. The molecule has 1 N–H and O–H groups in total. The van der Waals surface area contributed by atoms with Crippen molar-refractivity contribution in [2.75, 3.05) is 37.0 Å². The van der Waals surface area contributed by atoms with Crippen molar-refractivity contribution in [2.45, 2.75) is 30.2 Å². The van der Waals surface area contributed by atoms with Crippen LogP contribution in [0.4, 0.5) is 11.4 Å². The smallest absolute Gasteiger partial charge is 0.323 e. The first-order valence-electron chi connectivity index (χ1n) is 8.10. The van der Waals surface area contributed by atoms with Gasteiger partial charge in [-0.2, -0.15) is 0 Å². The standard InChI is InChI=1S/C16H21N3O5S/c1-17(2)25(23,24)11-6-7-12-14(9-11)19(10-15(20)21)16(22)13-5-3-4-8-18(12)13/h6-7,9,13H,3-5,8,10H2,1-2H3,(H,20,21)/t13-/m0/s1. The average molecular weight is 367 g/mol. The molecule has 1 aromatic carbocycles. The third kappa shape index (κ3) is 2.98. The minimum absolute atomic E-state index is 0.0369. The minimum Gasteiger partial charge on any atom is -0.480 e. The molecule has 2 aliphatic rings. The zero-order chi connectivity index (χ0) is 18.4. The van der Waals surface area contributed by atoms with Gasteiger partial charge in [0.1, 0.15) is 12.6 Å². The van der Waals surface area contributed by atoms with Crippen molar-refractivity contribution in [3.05, 3.63) is 18.2 Å². The number of nitrogens with zero attached hydrogens (tertiary/aromatic N) is 3. The first kappa shape index (κ1) is 17.7.